The van der Waals surface area contributed by atoms with Crippen LogP contribution in [0.4, 0.5) is 5.69 Å². The van der Waals surface area contributed by atoms with Crippen LogP contribution >= 0.6 is 0 Å². The molecule has 1 heterocycles. The van der Waals surface area contributed by atoms with Gasteiger partial charge in [0.1, 0.15) is 11.6 Å². The van der Waals surface area contributed by atoms with Gasteiger partial charge in [0.05, 0.1) is 6.42 Å². The predicted molar refractivity (Wildman–Crippen MR) is 120 cm³/mol. The van der Waals surface area contributed by atoms with Crippen molar-refractivity contribution < 1.29 is 18.8 Å². The fourth-order valence-corrected chi connectivity index (χ4v) is 3.01. The van der Waals surface area contributed by atoms with Crippen LogP contribution in [-0.4, -0.2) is 29.8 Å². The first-order chi connectivity index (χ1) is 14.9. The zero-order valence-corrected chi connectivity index (χ0v) is 17.9. The van der Waals surface area contributed by atoms with Gasteiger partial charge in [-0.25, -0.2) is 0 Å². The van der Waals surface area contributed by atoms with Crippen molar-refractivity contribution in [3.05, 3.63) is 65.9 Å². The SMILES string of the molecule is CCC(C)NC(=O)C(C)NC(=O)Cc1ccc(NC(=O)c2cc3ccccc3o2)cc1. The van der Waals surface area contributed by atoms with E-state index >= 15 is 0 Å². The Bertz CT molecular complexity index is 1040. The largest absolute Gasteiger partial charge is 0.451 e. The fraction of sp³-hybridized carbons (Fsp3) is 0.292. The van der Waals surface area contributed by atoms with E-state index in [1.165, 1.54) is 0 Å². The number of hydrogen-bond donors (Lipinski definition) is 3. The van der Waals surface area contributed by atoms with Crippen LogP contribution in [0.1, 0.15) is 43.3 Å². The average Bonchev–Trinajstić information content (AvgIpc) is 3.19. The molecule has 0 radical (unpaired) electrons. The molecule has 2 unspecified atom stereocenters. The maximum atomic E-state index is 12.4. The molecule has 162 valence electrons. The summed E-state index contributed by atoms with van der Waals surface area (Å²) < 4.78 is 5.57. The molecule has 3 N–H and O–H groups in total. The second-order valence-electron chi connectivity index (χ2n) is 7.58. The smallest absolute Gasteiger partial charge is 0.291 e. The van der Waals surface area contributed by atoms with Gasteiger partial charge in [-0.05, 0) is 50.1 Å². The summed E-state index contributed by atoms with van der Waals surface area (Å²) in [4.78, 5) is 36.7. The molecule has 3 rings (SSSR count). The first-order valence-electron chi connectivity index (χ1n) is 10.3. The van der Waals surface area contributed by atoms with Crippen molar-refractivity contribution in [3.8, 4) is 0 Å². The molecule has 1 aromatic heterocycles. The van der Waals surface area contributed by atoms with E-state index in [-0.39, 0.29) is 35.9 Å². The standard InChI is InChI=1S/C24H27N3O4/c1-4-15(2)25-23(29)16(3)26-22(28)13-17-9-11-19(12-10-17)27-24(30)21-14-18-7-5-6-8-20(18)31-21/h5-12,14-16H,4,13H2,1-3H3,(H,25,29)(H,26,28)(H,27,30). The van der Waals surface area contributed by atoms with Crippen LogP contribution < -0.4 is 16.0 Å². The number of benzene rings is 2. The number of carbonyl (C=O) groups is 3. The van der Waals surface area contributed by atoms with Crippen molar-refractivity contribution in [1.82, 2.24) is 10.6 Å². The second kappa shape index (κ2) is 9.93. The summed E-state index contributed by atoms with van der Waals surface area (Å²) in [6.45, 7) is 5.56. The van der Waals surface area contributed by atoms with Gasteiger partial charge in [-0.3, -0.25) is 14.4 Å². The molecule has 3 amide bonds. The minimum absolute atomic E-state index is 0.0640. The molecule has 0 bridgehead atoms. The van der Waals surface area contributed by atoms with Gasteiger partial charge in [-0.1, -0.05) is 37.3 Å². The molecule has 2 atom stereocenters. The van der Waals surface area contributed by atoms with Gasteiger partial charge >= 0.3 is 0 Å². The first-order valence-corrected chi connectivity index (χ1v) is 10.3. The number of hydrogen-bond acceptors (Lipinski definition) is 4. The van der Waals surface area contributed by atoms with Crippen LogP contribution in [0.25, 0.3) is 11.0 Å². The molecule has 0 aliphatic heterocycles. The second-order valence-corrected chi connectivity index (χ2v) is 7.58. The molecule has 2 aromatic carbocycles. The van der Waals surface area contributed by atoms with E-state index in [1.807, 2.05) is 32.0 Å². The van der Waals surface area contributed by atoms with Crippen molar-refractivity contribution in [2.45, 2.75) is 45.7 Å². The molecule has 0 spiro atoms. The highest BCUT2D eigenvalue weighted by atomic mass is 16.3. The predicted octanol–water partition coefficient (Wildman–Crippen LogP) is 3.65. The molecular formula is C24H27N3O4. The number of fused-ring (bicyclic) bond motifs is 1. The van der Waals surface area contributed by atoms with Crippen molar-refractivity contribution in [1.29, 1.82) is 0 Å². The third-order valence-electron chi connectivity index (χ3n) is 5.00. The summed E-state index contributed by atoms with van der Waals surface area (Å²) in [6.07, 6.45) is 0.963. The Morgan fingerprint density at radius 2 is 1.68 bits per heavy atom. The van der Waals surface area contributed by atoms with Crippen molar-refractivity contribution in [2.24, 2.45) is 0 Å². The highest BCUT2D eigenvalue weighted by Crippen LogP contribution is 2.20. The third kappa shape index (κ3) is 5.94. The number of carbonyl (C=O) groups excluding carboxylic acids is 3. The minimum atomic E-state index is -0.608. The van der Waals surface area contributed by atoms with E-state index in [4.69, 9.17) is 4.42 Å². The quantitative estimate of drug-likeness (QED) is 0.517. The summed E-state index contributed by atoms with van der Waals surface area (Å²) in [5.41, 5.74) is 2.02. The number of rotatable bonds is 8. The van der Waals surface area contributed by atoms with Crippen LogP contribution in [0, 0.1) is 0 Å². The fourth-order valence-electron chi connectivity index (χ4n) is 3.01. The number of anilines is 1. The number of amides is 3. The first kappa shape index (κ1) is 22.1. The Hall–Kier alpha value is -3.61. The summed E-state index contributed by atoms with van der Waals surface area (Å²) in [5.74, 6) is -0.561. The Labute approximate surface area is 181 Å². The molecule has 7 nitrogen and oxygen atoms in total. The molecule has 0 aliphatic carbocycles. The Balaban J connectivity index is 1.53. The lowest BCUT2D eigenvalue weighted by Gasteiger charge is -2.17. The summed E-state index contributed by atoms with van der Waals surface area (Å²) in [6, 6.07) is 15.5. The molecule has 0 fully saturated rings. The summed E-state index contributed by atoms with van der Waals surface area (Å²) in [5, 5.41) is 9.20. The Morgan fingerprint density at radius 1 is 0.968 bits per heavy atom. The van der Waals surface area contributed by atoms with E-state index in [0.717, 1.165) is 17.4 Å². The highest BCUT2D eigenvalue weighted by molar-refractivity contribution is 6.04. The van der Waals surface area contributed by atoms with Gasteiger partial charge in [0, 0.05) is 17.1 Å². The van der Waals surface area contributed by atoms with Crippen molar-refractivity contribution in [3.63, 3.8) is 0 Å². The molecule has 0 saturated carbocycles. The van der Waals surface area contributed by atoms with E-state index < -0.39 is 6.04 Å². The number of furan rings is 1. The molecule has 31 heavy (non-hydrogen) atoms. The van der Waals surface area contributed by atoms with Gasteiger partial charge < -0.3 is 20.4 Å². The highest BCUT2D eigenvalue weighted by Gasteiger charge is 2.17. The Kier molecular flexibility index (Phi) is 7.07. The number of nitrogens with one attached hydrogen (secondary N) is 3. The van der Waals surface area contributed by atoms with Crippen molar-refractivity contribution in [2.75, 3.05) is 5.32 Å². The molecular weight excluding hydrogens is 394 g/mol. The van der Waals surface area contributed by atoms with Gasteiger partial charge in [0.2, 0.25) is 11.8 Å². The van der Waals surface area contributed by atoms with Crippen LogP contribution in [0.5, 0.6) is 0 Å². The molecule has 7 heteroatoms. The zero-order valence-electron chi connectivity index (χ0n) is 17.9. The monoisotopic (exact) mass is 421 g/mol. The van der Waals surface area contributed by atoms with Crippen LogP contribution in [0.2, 0.25) is 0 Å². The van der Waals surface area contributed by atoms with Gasteiger partial charge in [0.25, 0.3) is 5.91 Å². The van der Waals surface area contributed by atoms with Gasteiger partial charge in [-0.15, -0.1) is 0 Å². The molecule has 0 saturated heterocycles. The van der Waals surface area contributed by atoms with Crippen LogP contribution in [0.3, 0.4) is 0 Å². The summed E-state index contributed by atoms with van der Waals surface area (Å²) >= 11 is 0. The summed E-state index contributed by atoms with van der Waals surface area (Å²) in [7, 11) is 0. The molecule has 3 aromatic rings. The van der Waals surface area contributed by atoms with Gasteiger partial charge in [0.15, 0.2) is 5.76 Å². The normalized spacial score (nSPS) is 12.7. The topological polar surface area (TPSA) is 100 Å². The van der Waals surface area contributed by atoms with E-state index in [2.05, 4.69) is 16.0 Å². The van der Waals surface area contributed by atoms with E-state index in [0.29, 0.717) is 11.3 Å². The molecule has 0 aliphatic rings. The number of para-hydroxylation sites is 1. The van der Waals surface area contributed by atoms with Gasteiger partial charge in [-0.2, -0.15) is 0 Å². The van der Waals surface area contributed by atoms with E-state index in [1.54, 1.807) is 43.3 Å². The lowest BCUT2D eigenvalue weighted by molar-refractivity contribution is -0.128. The lowest BCUT2D eigenvalue weighted by Crippen LogP contribution is -2.47. The Morgan fingerprint density at radius 3 is 2.35 bits per heavy atom. The van der Waals surface area contributed by atoms with Crippen molar-refractivity contribution >= 4 is 34.4 Å². The minimum Gasteiger partial charge on any atom is -0.451 e. The lowest BCUT2D eigenvalue weighted by atomic mass is 10.1. The van der Waals surface area contributed by atoms with E-state index in [9.17, 15) is 14.4 Å². The zero-order chi connectivity index (χ0) is 22.4. The third-order valence-corrected chi connectivity index (χ3v) is 5.00. The van der Waals surface area contributed by atoms with Crippen LogP contribution in [0.15, 0.2) is 59.0 Å². The maximum Gasteiger partial charge on any atom is 0.291 e. The average molecular weight is 421 g/mol. The van der Waals surface area contributed by atoms with Crippen LogP contribution in [-0.2, 0) is 16.0 Å². The maximum absolute atomic E-state index is 12.4.